The highest BCUT2D eigenvalue weighted by atomic mass is 16.6. The van der Waals surface area contributed by atoms with E-state index in [1.165, 1.54) is 12.0 Å². The van der Waals surface area contributed by atoms with Gasteiger partial charge in [-0.15, -0.1) is 0 Å². The molecule has 1 aromatic heterocycles. The van der Waals surface area contributed by atoms with Crippen LogP contribution in [0.3, 0.4) is 0 Å². The third-order valence-corrected chi connectivity index (χ3v) is 6.81. The standard InChI is InChI=1S/C29H44N6O6/c1-20(22(30)18-24(23-10-7-8-13-31-23)33(5)15-9-14-32-27(37)39-6)35(21-11-12-21)26(36)25-19-34(16-17-40-25)28(38)41-29(2,3)4/h7-8,10,13,18,20-21,25,30H,9,11-12,14-17,19H2,1-6H3,(H,32,37)/b24-18-,30-22?/t20-,25-/m1/s1. The average Bonchev–Trinajstić information content (AvgIpc) is 3.78. The molecular weight excluding hydrogens is 528 g/mol. The molecule has 1 aliphatic carbocycles. The number of nitrogens with one attached hydrogen (secondary N) is 2. The van der Waals surface area contributed by atoms with E-state index < -0.39 is 29.9 Å². The van der Waals surface area contributed by atoms with Gasteiger partial charge in [0.25, 0.3) is 5.91 Å². The maximum Gasteiger partial charge on any atom is 0.410 e. The van der Waals surface area contributed by atoms with E-state index in [1.54, 1.807) is 37.9 Å². The van der Waals surface area contributed by atoms with E-state index >= 15 is 0 Å². The number of methoxy groups -OCH3 is 1. The maximum absolute atomic E-state index is 13.8. The molecule has 1 saturated heterocycles. The number of hydrogen-bond acceptors (Lipinski definition) is 9. The predicted molar refractivity (Wildman–Crippen MR) is 154 cm³/mol. The summed E-state index contributed by atoms with van der Waals surface area (Å²) in [6.07, 6.45) is 4.04. The van der Waals surface area contributed by atoms with Gasteiger partial charge < -0.3 is 39.6 Å². The van der Waals surface area contributed by atoms with Crippen molar-refractivity contribution in [2.24, 2.45) is 0 Å². The van der Waals surface area contributed by atoms with Gasteiger partial charge in [-0.25, -0.2) is 9.59 Å². The van der Waals surface area contributed by atoms with Crippen LogP contribution in [0.2, 0.25) is 0 Å². The number of pyridine rings is 1. The predicted octanol–water partition coefficient (Wildman–Crippen LogP) is 3.14. The van der Waals surface area contributed by atoms with Crippen LogP contribution in [0.5, 0.6) is 0 Å². The quantitative estimate of drug-likeness (QED) is 0.305. The highest BCUT2D eigenvalue weighted by Gasteiger charge is 2.42. The van der Waals surface area contributed by atoms with Crippen LogP contribution < -0.4 is 5.32 Å². The molecule has 2 heterocycles. The number of rotatable bonds is 11. The third kappa shape index (κ3) is 9.44. The van der Waals surface area contributed by atoms with Crippen molar-refractivity contribution in [2.75, 3.05) is 46.9 Å². The Morgan fingerprint density at radius 3 is 2.63 bits per heavy atom. The molecule has 2 atom stereocenters. The van der Waals surface area contributed by atoms with Crippen LogP contribution in [0.25, 0.3) is 5.70 Å². The van der Waals surface area contributed by atoms with Gasteiger partial charge in [-0.05, 0) is 65.2 Å². The Kier molecular flexibility index (Phi) is 11.1. The molecule has 1 saturated carbocycles. The summed E-state index contributed by atoms with van der Waals surface area (Å²) in [6.45, 7) is 8.99. The van der Waals surface area contributed by atoms with Gasteiger partial charge in [0.15, 0.2) is 6.10 Å². The number of ether oxygens (including phenoxy) is 3. The number of morpholine rings is 1. The summed E-state index contributed by atoms with van der Waals surface area (Å²) in [7, 11) is 3.23. The highest BCUT2D eigenvalue weighted by molar-refractivity contribution is 6.03. The van der Waals surface area contributed by atoms with Gasteiger partial charge in [-0.1, -0.05) is 6.07 Å². The Hall–Kier alpha value is -3.67. The Labute approximate surface area is 242 Å². The van der Waals surface area contributed by atoms with Crippen LogP contribution in [0, 0.1) is 5.41 Å². The van der Waals surface area contributed by atoms with E-state index in [0.29, 0.717) is 31.7 Å². The molecule has 1 aromatic rings. The van der Waals surface area contributed by atoms with Crippen molar-refractivity contribution in [3.05, 3.63) is 36.2 Å². The number of carbonyl (C=O) groups is 3. The lowest BCUT2D eigenvalue weighted by molar-refractivity contribution is -0.150. The van der Waals surface area contributed by atoms with Crippen molar-refractivity contribution in [3.8, 4) is 0 Å². The van der Waals surface area contributed by atoms with Gasteiger partial charge in [-0.3, -0.25) is 9.78 Å². The summed E-state index contributed by atoms with van der Waals surface area (Å²) in [5.41, 5.74) is 1.04. The molecule has 0 unspecified atom stereocenters. The highest BCUT2D eigenvalue weighted by Crippen LogP contribution is 2.31. The van der Waals surface area contributed by atoms with Crippen molar-refractivity contribution < 1.29 is 28.6 Å². The molecule has 12 heteroatoms. The van der Waals surface area contributed by atoms with Crippen LogP contribution in [-0.4, -0.2) is 114 Å². The minimum absolute atomic E-state index is 0.0205. The average molecular weight is 573 g/mol. The van der Waals surface area contributed by atoms with Crippen molar-refractivity contribution in [3.63, 3.8) is 0 Å². The van der Waals surface area contributed by atoms with Gasteiger partial charge in [0, 0.05) is 38.9 Å². The molecule has 2 fully saturated rings. The number of carbonyl (C=O) groups excluding carboxylic acids is 3. The van der Waals surface area contributed by atoms with Crippen molar-refractivity contribution in [1.29, 1.82) is 5.41 Å². The molecule has 0 bridgehead atoms. The Balaban J connectivity index is 1.74. The molecule has 2 N–H and O–H groups in total. The van der Waals surface area contributed by atoms with Gasteiger partial charge in [0.1, 0.15) is 5.60 Å². The first-order chi connectivity index (χ1) is 19.4. The molecule has 3 amide bonds. The van der Waals surface area contributed by atoms with E-state index in [2.05, 4.69) is 15.0 Å². The zero-order valence-corrected chi connectivity index (χ0v) is 25.0. The zero-order valence-electron chi connectivity index (χ0n) is 25.0. The Morgan fingerprint density at radius 1 is 1.29 bits per heavy atom. The van der Waals surface area contributed by atoms with E-state index in [-0.39, 0.29) is 30.8 Å². The fraction of sp³-hybridized carbons (Fsp3) is 0.621. The van der Waals surface area contributed by atoms with Gasteiger partial charge in [-0.2, -0.15) is 0 Å². The van der Waals surface area contributed by atoms with E-state index in [0.717, 1.165) is 18.5 Å². The van der Waals surface area contributed by atoms with E-state index in [1.807, 2.05) is 37.1 Å². The van der Waals surface area contributed by atoms with Crippen LogP contribution in [0.4, 0.5) is 9.59 Å². The number of alkyl carbamates (subject to hydrolysis) is 1. The minimum atomic E-state index is -0.823. The SMILES string of the molecule is COC(=O)NCCCN(C)/C(=C\C(=N)[C@@H](C)N(C(=O)[C@H]1CN(C(=O)OC(C)(C)C)CCO1)C1CC1)c1ccccn1. The zero-order chi connectivity index (χ0) is 30.2. The van der Waals surface area contributed by atoms with Crippen molar-refractivity contribution in [2.45, 2.75) is 70.7 Å². The van der Waals surface area contributed by atoms with Crippen LogP contribution in [0.15, 0.2) is 30.5 Å². The van der Waals surface area contributed by atoms with E-state index in [9.17, 15) is 14.4 Å². The molecule has 0 spiro atoms. The Morgan fingerprint density at radius 2 is 2.02 bits per heavy atom. The van der Waals surface area contributed by atoms with Gasteiger partial charge in [0.05, 0.1) is 43.4 Å². The lowest BCUT2D eigenvalue weighted by Gasteiger charge is -2.37. The second-order valence-corrected chi connectivity index (χ2v) is 11.3. The van der Waals surface area contributed by atoms with Crippen LogP contribution in [-0.2, 0) is 19.0 Å². The first kappa shape index (κ1) is 31.9. The number of hydrogen-bond donors (Lipinski definition) is 2. The second kappa shape index (κ2) is 14.3. The lowest BCUT2D eigenvalue weighted by Crippen LogP contribution is -2.56. The first-order valence-corrected chi connectivity index (χ1v) is 14.1. The first-order valence-electron chi connectivity index (χ1n) is 14.1. The maximum atomic E-state index is 13.8. The normalized spacial score (nSPS) is 18.2. The molecule has 41 heavy (non-hydrogen) atoms. The van der Waals surface area contributed by atoms with Gasteiger partial charge >= 0.3 is 12.2 Å². The molecule has 0 aromatic carbocycles. The Bertz CT molecular complexity index is 1100. The van der Waals surface area contributed by atoms with E-state index in [4.69, 9.17) is 14.9 Å². The second-order valence-electron chi connectivity index (χ2n) is 11.3. The topological polar surface area (TPSA) is 137 Å². The minimum Gasteiger partial charge on any atom is -0.453 e. The summed E-state index contributed by atoms with van der Waals surface area (Å²) >= 11 is 0. The molecule has 1 aliphatic heterocycles. The fourth-order valence-electron chi connectivity index (χ4n) is 4.51. The fourth-order valence-corrected chi connectivity index (χ4v) is 4.51. The molecular formula is C29H44N6O6. The number of aromatic nitrogens is 1. The summed E-state index contributed by atoms with van der Waals surface area (Å²) in [4.78, 5) is 47.5. The molecule has 226 valence electrons. The summed E-state index contributed by atoms with van der Waals surface area (Å²) in [6, 6.07) is 5.08. The van der Waals surface area contributed by atoms with Crippen LogP contribution >= 0.6 is 0 Å². The lowest BCUT2D eigenvalue weighted by atomic mass is 10.1. The molecule has 3 rings (SSSR count). The van der Waals surface area contributed by atoms with Crippen molar-refractivity contribution >= 4 is 29.5 Å². The van der Waals surface area contributed by atoms with Crippen LogP contribution in [0.1, 0.15) is 52.7 Å². The smallest absolute Gasteiger partial charge is 0.410 e. The molecule has 0 radical (unpaired) electrons. The van der Waals surface area contributed by atoms with Crippen molar-refractivity contribution in [1.82, 2.24) is 25.0 Å². The number of nitrogens with zero attached hydrogens (tertiary/aromatic N) is 4. The number of amides is 3. The monoisotopic (exact) mass is 572 g/mol. The summed E-state index contributed by atoms with van der Waals surface area (Å²) in [5.74, 6) is -0.229. The summed E-state index contributed by atoms with van der Waals surface area (Å²) < 4.78 is 15.9. The molecule has 12 nitrogen and oxygen atoms in total. The largest absolute Gasteiger partial charge is 0.453 e. The molecule has 2 aliphatic rings. The third-order valence-electron chi connectivity index (χ3n) is 6.81. The van der Waals surface area contributed by atoms with Gasteiger partial charge in [0.2, 0.25) is 0 Å². The summed E-state index contributed by atoms with van der Waals surface area (Å²) in [5, 5.41) is 11.7.